The summed E-state index contributed by atoms with van der Waals surface area (Å²) in [5, 5.41) is 2.91. The third kappa shape index (κ3) is 5.41. The number of rotatable bonds is 8. The molecule has 1 atom stereocenters. The highest BCUT2D eigenvalue weighted by Gasteiger charge is 2.15. The van der Waals surface area contributed by atoms with Gasteiger partial charge in [0.15, 0.2) is 6.10 Å². The van der Waals surface area contributed by atoms with Crippen molar-refractivity contribution < 1.29 is 9.53 Å². The van der Waals surface area contributed by atoms with Crippen LogP contribution in [0.4, 0.5) is 5.69 Å². The Labute approximate surface area is 145 Å². The average Bonchev–Trinajstić information content (AvgIpc) is 2.61. The fraction of sp³-hybridized carbons (Fsp3) is 0.381. The topological polar surface area (TPSA) is 38.3 Å². The molecule has 0 aromatic heterocycles. The SMILES string of the molecule is CCCCc1ccc(NC(=O)C(C)Oc2cccc(CC)c2)cc1. The first-order valence-electron chi connectivity index (χ1n) is 8.77. The largest absolute Gasteiger partial charge is 0.481 e. The van der Waals surface area contributed by atoms with Gasteiger partial charge in [-0.25, -0.2) is 0 Å². The molecule has 1 N–H and O–H groups in total. The van der Waals surface area contributed by atoms with Gasteiger partial charge < -0.3 is 10.1 Å². The lowest BCUT2D eigenvalue weighted by molar-refractivity contribution is -0.122. The van der Waals surface area contributed by atoms with Crippen molar-refractivity contribution in [2.24, 2.45) is 0 Å². The van der Waals surface area contributed by atoms with Crippen LogP contribution < -0.4 is 10.1 Å². The Kier molecular flexibility index (Phi) is 6.86. The molecule has 0 aliphatic carbocycles. The number of amides is 1. The van der Waals surface area contributed by atoms with E-state index in [1.807, 2.05) is 30.3 Å². The highest BCUT2D eigenvalue weighted by molar-refractivity contribution is 5.94. The van der Waals surface area contributed by atoms with Gasteiger partial charge in [-0.1, -0.05) is 44.5 Å². The Morgan fingerprint density at radius 3 is 2.50 bits per heavy atom. The second-order valence-electron chi connectivity index (χ2n) is 6.05. The van der Waals surface area contributed by atoms with E-state index in [9.17, 15) is 4.79 Å². The van der Waals surface area contributed by atoms with E-state index in [-0.39, 0.29) is 5.91 Å². The molecule has 0 fully saturated rings. The Balaban J connectivity index is 1.90. The van der Waals surface area contributed by atoms with Gasteiger partial charge in [-0.15, -0.1) is 0 Å². The molecular weight excluding hydrogens is 298 g/mol. The van der Waals surface area contributed by atoms with Crippen LogP contribution in [0.15, 0.2) is 48.5 Å². The summed E-state index contributed by atoms with van der Waals surface area (Å²) in [6, 6.07) is 15.9. The molecule has 1 unspecified atom stereocenters. The number of hydrogen-bond donors (Lipinski definition) is 1. The maximum Gasteiger partial charge on any atom is 0.265 e. The van der Waals surface area contributed by atoms with Crippen LogP contribution in [0.1, 0.15) is 44.7 Å². The third-order valence-electron chi connectivity index (χ3n) is 4.03. The van der Waals surface area contributed by atoms with Gasteiger partial charge in [0.25, 0.3) is 5.91 Å². The molecule has 3 nitrogen and oxygen atoms in total. The number of carbonyl (C=O) groups is 1. The number of nitrogens with one attached hydrogen (secondary N) is 1. The number of aryl methyl sites for hydroxylation is 2. The van der Waals surface area contributed by atoms with E-state index in [0.29, 0.717) is 0 Å². The third-order valence-corrected chi connectivity index (χ3v) is 4.03. The van der Waals surface area contributed by atoms with E-state index in [2.05, 4.69) is 37.4 Å². The van der Waals surface area contributed by atoms with Crippen LogP contribution in [0.2, 0.25) is 0 Å². The number of hydrogen-bond acceptors (Lipinski definition) is 2. The molecule has 0 radical (unpaired) electrons. The van der Waals surface area contributed by atoms with Gasteiger partial charge in [0.1, 0.15) is 5.75 Å². The zero-order chi connectivity index (χ0) is 17.4. The second kappa shape index (κ2) is 9.11. The molecule has 3 heteroatoms. The summed E-state index contributed by atoms with van der Waals surface area (Å²) in [6.45, 7) is 6.05. The van der Waals surface area contributed by atoms with Crippen LogP contribution >= 0.6 is 0 Å². The van der Waals surface area contributed by atoms with E-state index in [0.717, 1.165) is 24.3 Å². The van der Waals surface area contributed by atoms with Crippen LogP contribution in [0.5, 0.6) is 5.75 Å². The zero-order valence-electron chi connectivity index (χ0n) is 14.8. The minimum absolute atomic E-state index is 0.141. The summed E-state index contributed by atoms with van der Waals surface area (Å²) < 4.78 is 5.76. The van der Waals surface area contributed by atoms with E-state index in [1.54, 1.807) is 6.92 Å². The molecule has 0 saturated heterocycles. The van der Waals surface area contributed by atoms with Gasteiger partial charge in [-0.3, -0.25) is 4.79 Å². The summed E-state index contributed by atoms with van der Waals surface area (Å²) >= 11 is 0. The molecule has 1 amide bonds. The molecule has 0 heterocycles. The van der Waals surface area contributed by atoms with E-state index < -0.39 is 6.10 Å². The molecule has 2 rings (SSSR count). The Bertz CT molecular complexity index is 649. The number of carbonyl (C=O) groups excluding carboxylic acids is 1. The first-order chi connectivity index (χ1) is 11.6. The smallest absolute Gasteiger partial charge is 0.265 e. The zero-order valence-corrected chi connectivity index (χ0v) is 14.8. The molecule has 0 saturated carbocycles. The highest BCUT2D eigenvalue weighted by Crippen LogP contribution is 2.17. The summed E-state index contributed by atoms with van der Waals surface area (Å²) in [5.41, 5.74) is 3.30. The Hall–Kier alpha value is -2.29. The maximum atomic E-state index is 12.3. The van der Waals surface area contributed by atoms with Crippen LogP contribution in [-0.2, 0) is 17.6 Å². The Morgan fingerprint density at radius 1 is 1.08 bits per heavy atom. The number of ether oxygens (including phenoxy) is 1. The lowest BCUT2D eigenvalue weighted by atomic mass is 10.1. The summed E-state index contributed by atoms with van der Waals surface area (Å²) in [5.74, 6) is 0.588. The molecule has 2 aromatic rings. The minimum Gasteiger partial charge on any atom is -0.481 e. The summed E-state index contributed by atoms with van der Waals surface area (Å²) in [4.78, 5) is 12.3. The maximum absolute atomic E-state index is 12.3. The molecule has 0 aliphatic rings. The average molecular weight is 325 g/mol. The van der Waals surface area contributed by atoms with Crippen LogP contribution in [0.3, 0.4) is 0 Å². The summed E-state index contributed by atoms with van der Waals surface area (Å²) in [6.07, 6.45) is 3.86. The van der Waals surface area contributed by atoms with Crippen LogP contribution in [-0.4, -0.2) is 12.0 Å². The van der Waals surface area contributed by atoms with Crippen LogP contribution in [0.25, 0.3) is 0 Å². The van der Waals surface area contributed by atoms with E-state index >= 15 is 0 Å². The van der Waals surface area contributed by atoms with Gasteiger partial charge in [0.05, 0.1) is 0 Å². The Morgan fingerprint density at radius 2 is 1.83 bits per heavy atom. The van der Waals surface area contributed by atoms with Crippen molar-refractivity contribution in [2.45, 2.75) is 52.6 Å². The molecular formula is C21H27NO2. The monoisotopic (exact) mass is 325 g/mol. The van der Waals surface area contributed by atoms with Crippen LogP contribution in [0, 0.1) is 0 Å². The fourth-order valence-electron chi connectivity index (χ4n) is 2.48. The standard InChI is InChI=1S/C21H27NO2/c1-4-6-8-18-11-13-19(14-12-18)22-21(23)16(3)24-20-10-7-9-17(5-2)15-20/h7,9-16H,4-6,8H2,1-3H3,(H,22,23). The van der Waals surface area contributed by atoms with Gasteiger partial charge in [-0.2, -0.15) is 0 Å². The summed E-state index contributed by atoms with van der Waals surface area (Å²) in [7, 11) is 0. The fourth-order valence-corrected chi connectivity index (χ4v) is 2.48. The highest BCUT2D eigenvalue weighted by atomic mass is 16.5. The first kappa shape index (κ1) is 18.1. The first-order valence-corrected chi connectivity index (χ1v) is 8.77. The predicted molar refractivity (Wildman–Crippen MR) is 99.6 cm³/mol. The lowest BCUT2D eigenvalue weighted by Gasteiger charge is -2.15. The quantitative estimate of drug-likeness (QED) is 0.742. The number of benzene rings is 2. The number of anilines is 1. The van der Waals surface area contributed by atoms with Gasteiger partial charge in [-0.05, 0) is 61.6 Å². The van der Waals surface area contributed by atoms with Crippen molar-refractivity contribution in [3.63, 3.8) is 0 Å². The van der Waals surface area contributed by atoms with E-state index in [4.69, 9.17) is 4.74 Å². The predicted octanol–water partition coefficient (Wildman–Crippen LogP) is 5.00. The second-order valence-corrected chi connectivity index (χ2v) is 6.05. The van der Waals surface area contributed by atoms with Crippen molar-refractivity contribution in [3.05, 3.63) is 59.7 Å². The van der Waals surface area contributed by atoms with E-state index in [1.165, 1.54) is 24.0 Å². The van der Waals surface area contributed by atoms with Crippen molar-refractivity contribution in [2.75, 3.05) is 5.32 Å². The normalized spacial score (nSPS) is 11.8. The van der Waals surface area contributed by atoms with Gasteiger partial charge in [0, 0.05) is 5.69 Å². The van der Waals surface area contributed by atoms with Gasteiger partial charge >= 0.3 is 0 Å². The molecule has 0 bridgehead atoms. The van der Waals surface area contributed by atoms with Crippen molar-refractivity contribution >= 4 is 11.6 Å². The number of unbranched alkanes of at least 4 members (excludes halogenated alkanes) is 1. The van der Waals surface area contributed by atoms with Crippen molar-refractivity contribution in [1.82, 2.24) is 0 Å². The molecule has 24 heavy (non-hydrogen) atoms. The van der Waals surface area contributed by atoms with Gasteiger partial charge in [0.2, 0.25) is 0 Å². The van der Waals surface area contributed by atoms with Crippen molar-refractivity contribution in [3.8, 4) is 5.75 Å². The van der Waals surface area contributed by atoms with Crippen molar-refractivity contribution in [1.29, 1.82) is 0 Å². The minimum atomic E-state index is -0.545. The lowest BCUT2D eigenvalue weighted by Crippen LogP contribution is -2.30. The molecule has 0 aliphatic heterocycles. The molecule has 0 spiro atoms. The molecule has 128 valence electrons. The molecule has 2 aromatic carbocycles.